The Morgan fingerprint density at radius 3 is 2.77 bits per heavy atom. The van der Waals surface area contributed by atoms with E-state index in [1.54, 1.807) is 0 Å². The molecule has 114 valence electrons. The van der Waals surface area contributed by atoms with E-state index in [2.05, 4.69) is 20.3 Å². The lowest BCUT2D eigenvalue weighted by Crippen LogP contribution is -2.13. The number of alkyl halides is 3. The summed E-state index contributed by atoms with van der Waals surface area (Å²) in [5.74, 6) is -0.0430. The van der Waals surface area contributed by atoms with Gasteiger partial charge in [-0.15, -0.1) is 0 Å². The molecule has 0 unspecified atom stereocenters. The molecular formula is C14H12F3N5. The number of imidazole rings is 1. The smallest absolute Gasteiger partial charge is 0.354 e. The van der Waals surface area contributed by atoms with Crippen molar-refractivity contribution in [1.82, 2.24) is 19.4 Å². The predicted octanol–water partition coefficient (Wildman–Crippen LogP) is 2.80. The highest BCUT2D eigenvalue weighted by Gasteiger charge is 2.32. The van der Waals surface area contributed by atoms with Gasteiger partial charge in [0.1, 0.15) is 11.3 Å². The summed E-state index contributed by atoms with van der Waals surface area (Å²) in [6, 6.07) is 6.51. The average Bonchev–Trinajstić information content (AvgIpc) is 2.89. The first-order valence-electron chi connectivity index (χ1n) is 6.59. The Morgan fingerprint density at radius 1 is 1.14 bits per heavy atom. The third kappa shape index (κ3) is 3.16. The lowest BCUT2D eigenvalue weighted by molar-refractivity contribution is -0.141. The maximum absolute atomic E-state index is 12.5. The van der Waals surface area contributed by atoms with Crippen LogP contribution < -0.4 is 5.32 Å². The standard InChI is InChI=1S/C14H12F3N5/c15-14(16,17)11-5-7-19-13(21-11)18-6-4-10-9-22-8-2-1-3-12(22)20-10/h1-3,5,7-9H,4,6H2,(H,18,19,21). The molecule has 3 aromatic rings. The van der Waals surface area contributed by atoms with Gasteiger partial charge in [-0.2, -0.15) is 13.2 Å². The molecule has 0 aliphatic heterocycles. The minimum atomic E-state index is -4.47. The molecule has 0 bridgehead atoms. The second kappa shape index (κ2) is 5.63. The maximum Gasteiger partial charge on any atom is 0.433 e. The number of anilines is 1. The van der Waals surface area contributed by atoms with Crippen LogP contribution in [0.4, 0.5) is 19.1 Å². The first kappa shape index (κ1) is 14.3. The third-order valence-electron chi connectivity index (χ3n) is 3.02. The summed E-state index contributed by atoms with van der Waals surface area (Å²) < 4.78 is 39.5. The van der Waals surface area contributed by atoms with Crippen molar-refractivity contribution >= 4 is 11.6 Å². The van der Waals surface area contributed by atoms with Gasteiger partial charge in [-0.3, -0.25) is 0 Å². The van der Waals surface area contributed by atoms with Gasteiger partial charge in [-0.25, -0.2) is 15.0 Å². The zero-order valence-corrected chi connectivity index (χ0v) is 11.4. The zero-order chi connectivity index (χ0) is 15.6. The van der Waals surface area contributed by atoms with Crippen molar-refractivity contribution in [3.8, 4) is 0 Å². The van der Waals surface area contributed by atoms with Crippen LogP contribution in [0.5, 0.6) is 0 Å². The summed E-state index contributed by atoms with van der Waals surface area (Å²) >= 11 is 0. The van der Waals surface area contributed by atoms with Gasteiger partial charge in [0.25, 0.3) is 0 Å². The van der Waals surface area contributed by atoms with Gasteiger partial charge in [-0.1, -0.05) is 6.07 Å². The predicted molar refractivity (Wildman–Crippen MR) is 74.4 cm³/mol. The Morgan fingerprint density at radius 2 is 2.00 bits per heavy atom. The van der Waals surface area contributed by atoms with Crippen molar-refractivity contribution in [2.75, 3.05) is 11.9 Å². The Kier molecular flexibility index (Phi) is 3.66. The largest absolute Gasteiger partial charge is 0.433 e. The highest BCUT2D eigenvalue weighted by molar-refractivity contribution is 5.39. The molecule has 22 heavy (non-hydrogen) atoms. The van der Waals surface area contributed by atoms with Gasteiger partial charge in [-0.05, 0) is 18.2 Å². The van der Waals surface area contributed by atoms with Crippen molar-refractivity contribution in [2.45, 2.75) is 12.6 Å². The molecule has 0 saturated carbocycles. The molecule has 0 aliphatic rings. The van der Waals surface area contributed by atoms with E-state index in [0.29, 0.717) is 13.0 Å². The van der Waals surface area contributed by atoms with Gasteiger partial charge in [0, 0.05) is 31.6 Å². The highest BCUT2D eigenvalue weighted by atomic mass is 19.4. The van der Waals surface area contributed by atoms with Crippen LogP contribution in [0.15, 0.2) is 42.9 Å². The van der Waals surface area contributed by atoms with E-state index in [1.165, 1.54) is 0 Å². The number of nitrogens with one attached hydrogen (secondary N) is 1. The Bertz CT molecular complexity index is 748. The highest BCUT2D eigenvalue weighted by Crippen LogP contribution is 2.27. The van der Waals surface area contributed by atoms with E-state index < -0.39 is 11.9 Å². The second-order valence-electron chi connectivity index (χ2n) is 4.64. The molecule has 0 amide bonds. The lowest BCUT2D eigenvalue weighted by atomic mass is 10.3. The number of halogens is 3. The average molecular weight is 307 g/mol. The van der Waals surface area contributed by atoms with Crippen molar-refractivity contribution < 1.29 is 13.2 Å². The van der Waals surface area contributed by atoms with Crippen molar-refractivity contribution in [3.63, 3.8) is 0 Å². The third-order valence-corrected chi connectivity index (χ3v) is 3.02. The molecule has 8 heteroatoms. The first-order chi connectivity index (χ1) is 10.5. The summed E-state index contributed by atoms with van der Waals surface area (Å²) in [5, 5.41) is 2.78. The Hall–Kier alpha value is -2.64. The summed E-state index contributed by atoms with van der Waals surface area (Å²) in [6.45, 7) is 0.394. The number of nitrogens with zero attached hydrogens (tertiary/aromatic N) is 4. The SMILES string of the molecule is FC(F)(F)c1ccnc(NCCc2cn3ccccc3n2)n1. The van der Waals surface area contributed by atoms with E-state index in [0.717, 1.165) is 23.6 Å². The van der Waals surface area contributed by atoms with E-state index >= 15 is 0 Å². The summed E-state index contributed by atoms with van der Waals surface area (Å²) in [4.78, 5) is 11.6. The van der Waals surface area contributed by atoms with Gasteiger partial charge in [0.15, 0.2) is 0 Å². The number of hydrogen-bond acceptors (Lipinski definition) is 4. The topological polar surface area (TPSA) is 55.1 Å². The van der Waals surface area contributed by atoms with Gasteiger partial charge < -0.3 is 9.72 Å². The number of aromatic nitrogens is 4. The fraction of sp³-hybridized carbons (Fsp3) is 0.214. The van der Waals surface area contributed by atoms with Crippen molar-refractivity contribution in [2.24, 2.45) is 0 Å². The van der Waals surface area contributed by atoms with Gasteiger partial charge in [0.05, 0.1) is 5.69 Å². The van der Waals surface area contributed by atoms with Crippen molar-refractivity contribution in [3.05, 3.63) is 54.2 Å². The molecule has 1 N–H and O–H groups in total. The monoisotopic (exact) mass is 307 g/mol. The van der Waals surface area contributed by atoms with E-state index in [4.69, 9.17) is 0 Å². The second-order valence-corrected chi connectivity index (χ2v) is 4.64. The number of fused-ring (bicyclic) bond motifs is 1. The van der Waals surface area contributed by atoms with Crippen molar-refractivity contribution in [1.29, 1.82) is 0 Å². The molecule has 0 aromatic carbocycles. The van der Waals surface area contributed by atoms with Crippen LogP contribution in [0.3, 0.4) is 0 Å². The number of rotatable bonds is 4. The van der Waals surface area contributed by atoms with Crippen LogP contribution in [0.1, 0.15) is 11.4 Å². The molecule has 0 fully saturated rings. The van der Waals surface area contributed by atoms with Gasteiger partial charge in [0.2, 0.25) is 5.95 Å². The minimum Gasteiger partial charge on any atom is -0.354 e. The van der Waals surface area contributed by atoms with Crippen LogP contribution in [0.25, 0.3) is 5.65 Å². The molecule has 5 nitrogen and oxygen atoms in total. The van der Waals surface area contributed by atoms with Crippen LogP contribution in [-0.4, -0.2) is 25.9 Å². The molecule has 3 rings (SSSR count). The van der Waals surface area contributed by atoms with Crippen LogP contribution in [0.2, 0.25) is 0 Å². The first-order valence-corrected chi connectivity index (χ1v) is 6.59. The minimum absolute atomic E-state index is 0.0430. The summed E-state index contributed by atoms with van der Waals surface area (Å²) in [7, 11) is 0. The molecule has 0 radical (unpaired) electrons. The fourth-order valence-electron chi connectivity index (χ4n) is 2.01. The fourth-order valence-corrected chi connectivity index (χ4v) is 2.01. The molecule has 0 aliphatic carbocycles. The normalized spacial score (nSPS) is 11.8. The number of hydrogen-bond donors (Lipinski definition) is 1. The van der Waals surface area contributed by atoms with Crippen LogP contribution in [0, 0.1) is 0 Å². The molecule has 3 heterocycles. The quantitative estimate of drug-likeness (QED) is 0.805. The zero-order valence-electron chi connectivity index (χ0n) is 11.4. The Labute approximate surface area is 123 Å². The van der Waals surface area contributed by atoms with Crippen LogP contribution >= 0.6 is 0 Å². The van der Waals surface area contributed by atoms with Crippen LogP contribution in [-0.2, 0) is 12.6 Å². The molecule has 0 spiro atoms. The Balaban J connectivity index is 1.63. The molecular weight excluding hydrogens is 295 g/mol. The molecule has 0 atom stereocenters. The van der Waals surface area contributed by atoms with Gasteiger partial charge >= 0.3 is 6.18 Å². The van der Waals surface area contributed by atoms with E-state index in [-0.39, 0.29) is 5.95 Å². The number of pyridine rings is 1. The molecule has 0 saturated heterocycles. The van der Waals surface area contributed by atoms with E-state index in [9.17, 15) is 13.2 Å². The van der Waals surface area contributed by atoms with E-state index in [1.807, 2.05) is 35.0 Å². The maximum atomic E-state index is 12.5. The summed E-state index contributed by atoms with van der Waals surface area (Å²) in [5.41, 5.74) is 0.705. The summed E-state index contributed by atoms with van der Waals surface area (Å²) in [6.07, 6.45) is 0.935. The molecule has 3 aromatic heterocycles. The lowest BCUT2D eigenvalue weighted by Gasteiger charge is -2.07.